The molecule has 148 valence electrons. The molecule has 0 spiro atoms. The molecule has 3 N–H and O–H groups in total. The number of nitrogens with two attached hydrogens (primary N) is 1. The quantitative estimate of drug-likeness (QED) is 0.450. The molecular weight excluding hydrogens is 369 g/mol. The number of halogens is 3. The number of anilines is 1. The Kier molecular flexibility index (Phi) is 6.08. The molecule has 0 fully saturated rings. The van der Waals surface area contributed by atoms with Crippen LogP contribution in [0.2, 0.25) is 0 Å². The molecule has 0 radical (unpaired) electrons. The van der Waals surface area contributed by atoms with Crippen molar-refractivity contribution in [3.8, 4) is 5.75 Å². The first-order valence-corrected chi connectivity index (χ1v) is 8.76. The maximum absolute atomic E-state index is 12.2. The van der Waals surface area contributed by atoms with Gasteiger partial charge in [0.25, 0.3) is 0 Å². The van der Waals surface area contributed by atoms with E-state index in [0.717, 1.165) is 29.9 Å². The van der Waals surface area contributed by atoms with E-state index in [1.54, 1.807) is 0 Å². The van der Waals surface area contributed by atoms with Gasteiger partial charge < -0.3 is 20.7 Å². The topological polar surface area (TPSA) is 62.9 Å². The van der Waals surface area contributed by atoms with Gasteiger partial charge in [-0.2, -0.15) is 0 Å². The molecule has 1 heterocycles. The first-order chi connectivity index (χ1) is 13.4. The Hall–Kier alpha value is -3.16. The van der Waals surface area contributed by atoms with Gasteiger partial charge in [-0.15, -0.1) is 13.2 Å². The van der Waals surface area contributed by atoms with E-state index in [0.29, 0.717) is 13.1 Å². The molecule has 2 aromatic carbocycles. The van der Waals surface area contributed by atoms with Gasteiger partial charge in [-0.1, -0.05) is 36.4 Å². The number of alkyl halides is 3. The lowest BCUT2D eigenvalue weighted by atomic mass is 10.2. The number of ether oxygens (including phenoxy) is 1. The fraction of sp³-hybridized carbons (Fsp3) is 0.250. The molecule has 0 unspecified atom stereocenters. The van der Waals surface area contributed by atoms with Crippen molar-refractivity contribution < 1.29 is 17.9 Å². The number of rotatable bonds is 6. The highest BCUT2D eigenvalue weighted by Crippen LogP contribution is 2.22. The Morgan fingerprint density at radius 2 is 1.79 bits per heavy atom. The molecule has 2 aromatic rings. The van der Waals surface area contributed by atoms with E-state index < -0.39 is 6.36 Å². The van der Waals surface area contributed by atoms with Gasteiger partial charge in [-0.25, -0.2) is 4.99 Å². The Bertz CT molecular complexity index is 839. The number of aliphatic imine (C=N–C) groups is 1. The summed E-state index contributed by atoms with van der Waals surface area (Å²) in [4.78, 5) is 6.57. The predicted octanol–water partition coefficient (Wildman–Crippen LogP) is 3.57. The van der Waals surface area contributed by atoms with Crippen LogP contribution in [0.4, 0.5) is 18.9 Å². The third kappa shape index (κ3) is 5.94. The minimum absolute atomic E-state index is 0.258. The molecule has 28 heavy (non-hydrogen) atoms. The van der Waals surface area contributed by atoms with E-state index in [1.807, 2.05) is 12.1 Å². The fourth-order valence-corrected chi connectivity index (χ4v) is 2.77. The van der Waals surface area contributed by atoms with Crippen molar-refractivity contribution in [2.75, 3.05) is 18.0 Å². The lowest BCUT2D eigenvalue weighted by Gasteiger charge is -2.18. The number of benzene rings is 2. The van der Waals surface area contributed by atoms with E-state index in [2.05, 4.69) is 44.2 Å². The number of nitrogens with zero attached hydrogens (tertiary/aromatic N) is 2. The van der Waals surface area contributed by atoms with E-state index in [9.17, 15) is 13.2 Å². The van der Waals surface area contributed by atoms with Gasteiger partial charge in [-0.05, 0) is 35.4 Å². The van der Waals surface area contributed by atoms with Gasteiger partial charge in [0.2, 0.25) is 0 Å². The molecule has 0 atom stereocenters. The van der Waals surface area contributed by atoms with E-state index >= 15 is 0 Å². The summed E-state index contributed by atoms with van der Waals surface area (Å²) in [7, 11) is 0. The van der Waals surface area contributed by atoms with Crippen LogP contribution >= 0.6 is 0 Å². The van der Waals surface area contributed by atoms with Gasteiger partial charge in [-0.3, -0.25) is 0 Å². The molecule has 0 saturated carbocycles. The SMILES string of the molecule is NC(=NCc1cccc(N2CC=CC2)c1)NCc1ccc(OC(F)(F)F)cc1. The largest absolute Gasteiger partial charge is 0.573 e. The molecule has 0 aromatic heterocycles. The summed E-state index contributed by atoms with van der Waals surface area (Å²) in [5, 5.41) is 2.95. The summed E-state index contributed by atoms with van der Waals surface area (Å²) in [6, 6.07) is 13.7. The first-order valence-electron chi connectivity index (χ1n) is 8.76. The van der Waals surface area contributed by atoms with E-state index in [1.165, 1.54) is 24.3 Å². The second-order valence-electron chi connectivity index (χ2n) is 6.29. The van der Waals surface area contributed by atoms with Gasteiger partial charge in [0, 0.05) is 25.3 Å². The van der Waals surface area contributed by atoms with Crippen LogP contribution < -0.4 is 20.7 Å². The van der Waals surface area contributed by atoms with Crippen LogP contribution in [0.15, 0.2) is 65.7 Å². The van der Waals surface area contributed by atoms with Crippen molar-refractivity contribution in [3.63, 3.8) is 0 Å². The van der Waals surface area contributed by atoms with Crippen LogP contribution in [0.25, 0.3) is 0 Å². The second-order valence-corrected chi connectivity index (χ2v) is 6.29. The predicted molar refractivity (Wildman–Crippen MR) is 103 cm³/mol. The monoisotopic (exact) mass is 390 g/mol. The van der Waals surface area contributed by atoms with Crippen LogP contribution in [0.5, 0.6) is 5.75 Å². The molecule has 3 rings (SSSR count). The van der Waals surface area contributed by atoms with Crippen molar-refractivity contribution in [3.05, 3.63) is 71.8 Å². The highest BCUT2D eigenvalue weighted by atomic mass is 19.4. The van der Waals surface area contributed by atoms with Crippen LogP contribution in [0, 0.1) is 0 Å². The first kappa shape index (κ1) is 19.6. The summed E-state index contributed by atoms with van der Waals surface area (Å²) >= 11 is 0. The lowest BCUT2D eigenvalue weighted by Crippen LogP contribution is -2.31. The lowest BCUT2D eigenvalue weighted by molar-refractivity contribution is -0.274. The third-order valence-electron chi connectivity index (χ3n) is 4.16. The Morgan fingerprint density at radius 1 is 1.07 bits per heavy atom. The number of hydrogen-bond donors (Lipinski definition) is 2. The molecule has 8 heteroatoms. The Balaban J connectivity index is 1.50. The highest BCUT2D eigenvalue weighted by Gasteiger charge is 2.30. The van der Waals surface area contributed by atoms with Gasteiger partial charge in [0.15, 0.2) is 5.96 Å². The molecule has 1 aliphatic rings. The summed E-state index contributed by atoms with van der Waals surface area (Å²) in [5.74, 6) is 0.00911. The number of guanidine groups is 1. The maximum atomic E-state index is 12.2. The molecule has 0 aliphatic carbocycles. The highest BCUT2D eigenvalue weighted by molar-refractivity contribution is 5.77. The smallest absolute Gasteiger partial charge is 0.406 e. The van der Waals surface area contributed by atoms with Crippen molar-refractivity contribution in [2.24, 2.45) is 10.7 Å². The Labute approximate surface area is 161 Å². The second kappa shape index (κ2) is 8.69. The third-order valence-corrected chi connectivity index (χ3v) is 4.16. The zero-order valence-corrected chi connectivity index (χ0v) is 15.1. The van der Waals surface area contributed by atoms with Gasteiger partial charge >= 0.3 is 6.36 Å². The molecular formula is C20H21F3N4O. The molecule has 0 bridgehead atoms. The summed E-state index contributed by atoms with van der Waals surface area (Å²) in [5.41, 5.74) is 8.84. The summed E-state index contributed by atoms with van der Waals surface area (Å²) < 4.78 is 40.3. The fourth-order valence-electron chi connectivity index (χ4n) is 2.77. The zero-order chi connectivity index (χ0) is 20.0. The molecule has 0 amide bonds. The van der Waals surface area contributed by atoms with Crippen molar-refractivity contribution in [1.82, 2.24) is 5.32 Å². The van der Waals surface area contributed by atoms with Gasteiger partial charge in [0.1, 0.15) is 5.75 Å². The van der Waals surface area contributed by atoms with Crippen molar-refractivity contribution >= 4 is 11.6 Å². The van der Waals surface area contributed by atoms with Crippen LogP contribution in [-0.4, -0.2) is 25.4 Å². The number of hydrogen-bond acceptors (Lipinski definition) is 3. The Morgan fingerprint density at radius 3 is 2.46 bits per heavy atom. The zero-order valence-electron chi connectivity index (χ0n) is 15.1. The summed E-state index contributed by atoms with van der Waals surface area (Å²) in [6.45, 7) is 2.60. The molecule has 0 saturated heterocycles. The average molecular weight is 390 g/mol. The van der Waals surface area contributed by atoms with E-state index in [-0.39, 0.29) is 11.7 Å². The number of nitrogens with one attached hydrogen (secondary N) is 1. The van der Waals surface area contributed by atoms with Crippen molar-refractivity contribution in [1.29, 1.82) is 0 Å². The van der Waals surface area contributed by atoms with Crippen molar-refractivity contribution in [2.45, 2.75) is 19.5 Å². The standard InChI is InChI=1S/C20H21F3N4O/c21-20(22,23)28-18-8-6-15(7-9-18)13-25-19(24)26-14-16-4-3-5-17(12-16)27-10-1-2-11-27/h1-9,12H,10-11,13-14H2,(H3,24,25,26). The van der Waals surface area contributed by atoms with E-state index in [4.69, 9.17) is 5.73 Å². The van der Waals surface area contributed by atoms with Gasteiger partial charge in [0.05, 0.1) is 6.54 Å². The van der Waals surface area contributed by atoms with Crippen LogP contribution in [-0.2, 0) is 13.1 Å². The minimum atomic E-state index is -4.69. The molecule has 1 aliphatic heterocycles. The average Bonchev–Trinajstić information content (AvgIpc) is 3.20. The van der Waals surface area contributed by atoms with Crippen LogP contribution in [0.3, 0.4) is 0 Å². The molecule has 5 nitrogen and oxygen atoms in total. The maximum Gasteiger partial charge on any atom is 0.573 e. The summed E-state index contributed by atoms with van der Waals surface area (Å²) in [6.07, 6.45) is -0.428. The minimum Gasteiger partial charge on any atom is -0.406 e. The normalized spacial score (nSPS) is 14.4. The van der Waals surface area contributed by atoms with Crippen LogP contribution in [0.1, 0.15) is 11.1 Å².